The van der Waals surface area contributed by atoms with Crippen LogP contribution in [0, 0.1) is 3.57 Å². The molecule has 0 aliphatic carbocycles. The van der Waals surface area contributed by atoms with Gasteiger partial charge in [0.15, 0.2) is 0 Å². The van der Waals surface area contributed by atoms with E-state index < -0.39 is 0 Å². The molecule has 0 radical (unpaired) electrons. The summed E-state index contributed by atoms with van der Waals surface area (Å²) in [5.74, 6) is 0. The Balaban J connectivity index is 2.37. The number of nitrogens with one attached hydrogen (secondary N) is 1. The maximum Gasteiger partial charge on any atom is 0.0574 e. The average Bonchev–Trinajstić information content (AvgIpc) is 2.31. The van der Waals surface area contributed by atoms with Gasteiger partial charge in [-0.1, -0.05) is 42.5 Å². The number of benzene rings is 2. The van der Waals surface area contributed by atoms with Crippen LogP contribution in [-0.2, 0) is 0 Å². The molecular formula is C14H14IN. The Labute approximate surface area is 110 Å². The molecule has 0 aromatic heterocycles. The molecule has 0 amide bonds. The Kier molecular flexibility index (Phi) is 3.96. The van der Waals surface area contributed by atoms with Crippen LogP contribution < -0.4 is 5.32 Å². The van der Waals surface area contributed by atoms with Crippen LogP contribution in [0.2, 0.25) is 0 Å². The van der Waals surface area contributed by atoms with Gasteiger partial charge in [-0.25, -0.2) is 0 Å². The minimum Gasteiger partial charge on any atom is -0.309 e. The van der Waals surface area contributed by atoms with Crippen molar-refractivity contribution >= 4 is 22.6 Å². The summed E-state index contributed by atoms with van der Waals surface area (Å²) < 4.78 is 1.27. The minimum atomic E-state index is 0.274. The first kappa shape index (κ1) is 11.6. The highest BCUT2D eigenvalue weighted by Crippen LogP contribution is 2.22. The van der Waals surface area contributed by atoms with E-state index in [0.29, 0.717) is 0 Å². The summed E-state index contributed by atoms with van der Waals surface area (Å²) in [6.07, 6.45) is 0. The second kappa shape index (κ2) is 5.46. The zero-order valence-electron chi connectivity index (χ0n) is 9.15. The lowest BCUT2D eigenvalue weighted by molar-refractivity contribution is 0.691. The largest absolute Gasteiger partial charge is 0.309 e. The highest BCUT2D eigenvalue weighted by molar-refractivity contribution is 14.1. The molecule has 82 valence electrons. The first-order valence-electron chi connectivity index (χ1n) is 5.29. The average molecular weight is 323 g/mol. The van der Waals surface area contributed by atoms with E-state index in [2.05, 4.69) is 76.4 Å². The molecule has 2 rings (SSSR count). The molecule has 2 heteroatoms. The van der Waals surface area contributed by atoms with Crippen molar-refractivity contribution in [3.8, 4) is 0 Å². The molecular weight excluding hydrogens is 309 g/mol. The molecule has 0 heterocycles. The summed E-state index contributed by atoms with van der Waals surface area (Å²) in [4.78, 5) is 0. The third-order valence-electron chi connectivity index (χ3n) is 2.60. The number of rotatable bonds is 3. The van der Waals surface area contributed by atoms with Crippen LogP contribution in [0.25, 0.3) is 0 Å². The van der Waals surface area contributed by atoms with Crippen molar-refractivity contribution in [3.63, 3.8) is 0 Å². The SMILES string of the molecule is CNC(c1ccccc1)c1cccc(I)c1. The molecule has 0 fully saturated rings. The molecule has 1 unspecified atom stereocenters. The molecule has 2 aromatic rings. The van der Waals surface area contributed by atoms with Gasteiger partial charge in [0, 0.05) is 3.57 Å². The summed E-state index contributed by atoms with van der Waals surface area (Å²) in [5.41, 5.74) is 2.60. The quantitative estimate of drug-likeness (QED) is 0.851. The molecule has 0 saturated heterocycles. The molecule has 1 atom stereocenters. The van der Waals surface area contributed by atoms with Crippen molar-refractivity contribution < 1.29 is 0 Å². The highest BCUT2D eigenvalue weighted by atomic mass is 127. The number of hydrogen-bond donors (Lipinski definition) is 1. The zero-order valence-corrected chi connectivity index (χ0v) is 11.3. The number of halogens is 1. The summed E-state index contributed by atoms with van der Waals surface area (Å²) in [5, 5.41) is 3.36. The molecule has 0 saturated carbocycles. The van der Waals surface area contributed by atoms with Crippen molar-refractivity contribution in [1.29, 1.82) is 0 Å². The maximum absolute atomic E-state index is 3.36. The van der Waals surface area contributed by atoms with Crippen molar-refractivity contribution in [2.75, 3.05) is 7.05 Å². The Bertz CT molecular complexity index is 453. The lowest BCUT2D eigenvalue weighted by Crippen LogP contribution is -2.17. The van der Waals surface area contributed by atoms with E-state index in [-0.39, 0.29) is 6.04 Å². The Morgan fingerprint density at radius 2 is 1.62 bits per heavy atom. The fraction of sp³-hybridized carbons (Fsp3) is 0.143. The minimum absolute atomic E-state index is 0.274. The second-order valence-electron chi connectivity index (χ2n) is 3.69. The van der Waals surface area contributed by atoms with Crippen LogP contribution in [0.4, 0.5) is 0 Å². The monoisotopic (exact) mass is 323 g/mol. The second-order valence-corrected chi connectivity index (χ2v) is 4.93. The van der Waals surface area contributed by atoms with E-state index >= 15 is 0 Å². The van der Waals surface area contributed by atoms with Gasteiger partial charge in [-0.15, -0.1) is 0 Å². The van der Waals surface area contributed by atoms with E-state index in [1.807, 2.05) is 13.1 Å². The van der Waals surface area contributed by atoms with Crippen LogP contribution in [0.5, 0.6) is 0 Å². The molecule has 0 bridgehead atoms. The standard InChI is InChI=1S/C14H14IN/c1-16-14(11-6-3-2-4-7-11)12-8-5-9-13(15)10-12/h2-10,14,16H,1H3. The summed E-state index contributed by atoms with van der Waals surface area (Å²) in [7, 11) is 2.00. The van der Waals surface area contributed by atoms with Crippen LogP contribution in [0.1, 0.15) is 17.2 Å². The summed E-state index contributed by atoms with van der Waals surface area (Å²) in [6, 6.07) is 19.4. The molecule has 1 N–H and O–H groups in total. The normalized spacial score (nSPS) is 12.4. The van der Waals surface area contributed by atoms with Gasteiger partial charge >= 0.3 is 0 Å². The Hall–Kier alpha value is -0.870. The summed E-state index contributed by atoms with van der Waals surface area (Å²) in [6.45, 7) is 0. The topological polar surface area (TPSA) is 12.0 Å². The van der Waals surface area contributed by atoms with Crippen molar-refractivity contribution in [3.05, 3.63) is 69.3 Å². The Morgan fingerprint density at radius 1 is 0.938 bits per heavy atom. The van der Waals surface area contributed by atoms with E-state index in [9.17, 15) is 0 Å². The van der Waals surface area contributed by atoms with Gasteiger partial charge in [-0.3, -0.25) is 0 Å². The smallest absolute Gasteiger partial charge is 0.0574 e. The van der Waals surface area contributed by atoms with Crippen molar-refractivity contribution in [2.45, 2.75) is 6.04 Å². The first-order chi connectivity index (χ1) is 7.81. The van der Waals surface area contributed by atoms with E-state index in [1.165, 1.54) is 14.7 Å². The lowest BCUT2D eigenvalue weighted by atomic mass is 9.99. The fourth-order valence-corrected chi connectivity index (χ4v) is 2.42. The highest BCUT2D eigenvalue weighted by Gasteiger charge is 2.10. The Morgan fingerprint density at radius 3 is 2.25 bits per heavy atom. The van der Waals surface area contributed by atoms with Gasteiger partial charge in [0.05, 0.1) is 6.04 Å². The summed E-state index contributed by atoms with van der Waals surface area (Å²) >= 11 is 2.35. The third kappa shape index (κ3) is 2.62. The van der Waals surface area contributed by atoms with Crippen LogP contribution >= 0.6 is 22.6 Å². The fourth-order valence-electron chi connectivity index (χ4n) is 1.86. The van der Waals surface area contributed by atoms with Crippen LogP contribution in [0.3, 0.4) is 0 Å². The van der Waals surface area contributed by atoms with Gasteiger partial charge < -0.3 is 5.32 Å². The van der Waals surface area contributed by atoms with E-state index in [4.69, 9.17) is 0 Å². The lowest BCUT2D eigenvalue weighted by Gasteiger charge is -2.17. The number of hydrogen-bond acceptors (Lipinski definition) is 1. The van der Waals surface area contributed by atoms with E-state index in [0.717, 1.165) is 0 Å². The zero-order chi connectivity index (χ0) is 11.4. The molecule has 0 spiro atoms. The van der Waals surface area contributed by atoms with Crippen molar-refractivity contribution in [2.24, 2.45) is 0 Å². The van der Waals surface area contributed by atoms with Gasteiger partial charge in [0.1, 0.15) is 0 Å². The van der Waals surface area contributed by atoms with Crippen LogP contribution in [0.15, 0.2) is 54.6 Å². The molecule has 0 aliphatic heterocycles. The first-order valence-corrected chi connectivity index (χ1v) is 6.37. The van der Waals surface area contributed by atoms with E-state index in [1.54, 1.807) is 0 Å². The third-order valence-corrected chi connectivity index (χ3v) is 3.27. The predicted octanol–water partition coefficient (Wildman–Crippen LogP) is 3.60. The van der Waals surface area contributed by atoms with Gasteiger partial charge in [-0.2, -0.15) is 0 Å². The molecule has 2 aromatic carbocycles. The maximum atomic E-state index is 3.36. The van der Waals surface area contributed by atoms with Gasteiger partial charge in [-0.05, 0) is 52.9 Å². The predicted molar refractivity (Wildman–Crippen MR) is 76.5 cm³/mol. The molecule has 16 heavy (non-hydrogen) atoms. The molecule has 1 nitrogen and oxygen atoms in total. The molecule has 0 aliphatic rings. The van der Waals surface area contributed by atoms with Gasteiger partial charge in [0.2, 0.25) is 0 Å². The van der Waals surface area contributed by atoms with Gasteiger partial charge in [0.25, 0.3) is 0 Å². The van der Waals surface area contributed by atoms with Crippen molar-refractivity contribution in [1.82, 2.24) is 5.32 Å². The van der Waals surface area contributed by atoms with Crippen LogP contribution in [-0.4, -0.2) is 7.05 Å².